The lowest BCUT2D eigenvalue weighted by atomic mass is 10.1. The summed E-state index contributed by atoms with van der Waals surface area (Å²) in [6.45, 7) is 9.76. The molecule has 4 aromatic heterocycles. The number of azide groups is 2. The van der Waals surface area contributed by atoms with Gasteiger partial charge < -0.3 is 76.5 Å². The molecule has 5 saturated heterocycles. The molecule has 5 aliphatic heterocycles. The zero-order chi connectivity index (χ0) is 81.0. The number of halogens is 9. The maximum atomic E-state index is 14.7. The molecule has 0 saturated carbocycles. The normalized spacial score (nSPS) is 24.5. The number of nitrogens with two attached hydrogens (primary N) is 4. The van der Waals surface area contributed by atoms with Crippen LogP contribution in [0.2, 0.25) is 5.04 Å². The Morgan fingerprint density at radius 3 is 1.12 bits per heavy atom. The van der Waals surface area contributed by atoms with Crippen LogP contribution in [0.3, 0.4) is 0 Å². The smallest absolute Gasteiger partial charge is 0.351 e. The molecule has 9 heterocycles. The SMILES string of the molecule is C1CCOC1.CC(C)(C)[Si](Cl)(c1ccccc1)c1ccccc1.CC[C@H]1O[C@@H](n2ccc(N)nc2=O)C(F)(F)[C@H]1O.CC[C@H]1O[C@@H](n2ccc(N)nc2=O)C(F)(F)[C@H]1OC(=O)CCN=[N+]=[N-].Nc1ccn([C@@H]2O[C@H](CO)[C@H](O)C2(F)F)c(=O)n1.[N-]=[N+]=NCCC(=O)O[C@H]1[C@@H](CO)O[C@@H](n2ccc(N)nc2=O)C1(F)F. The minimum Gasteiger partial charge on any atom is -0.453 e. The van der Waals surface area contributed by atoms with E-state index in [1.807, 2.05) is 12.1 Å². The van der Waals surface area contributed by atoms with Crippen LogP contribution in [-0.4, -0.2) is 190 Å². The molecule has 0 bridgehead atoms. The van der Waals surface area contributed by atoms with E-state index in [-0.39, 0.29) is 60.7 Å². The third-order valence-electron chi connectivity index (χ3n) is 16.7. The topological polar surface area (TPSA) is 521 Å². The number of carbonyl (C=O) groups is 2. The minimum atomic E-state index is -3.83. The minimum absolute atomic E-state index is 0.0647. The van der Waals surface area contributed by atoms with Crippen molar-refractivity contribution in [2.24, 2.45) is 10.2 Å². The zero-order valence-electron chi connectivity index (χ0n) is 58.9. The van der Waals surface area contributed by atoms with E-state index >= 15 is 0 Å². The van der Waals surface area contributed by atoms with Gasteiger partial charge in [-0.15, -0.1) is 0 Å². The summed E-state index contributed by atoms with van der Waals surface area (Å²) in [5.74, 6) is -17.2. The summed E-state index contributed by atoms with van der Waals surface area (Å²) in [6.07, 6.45) is -15.1. The Morgan fingerprint density at radius 2 is 0.844 bits per heavy atom. The van der Waals surface area contributed by atoms with Crippen molar-refractivity contribution in [3.63, 3.8) is 0 Å². The Morgan fingerprint density at radius 1 is 0.541 bits per heavy atom. The largest absolute Gasteiger partial charge is 0.453 e. The van der Waals surface area contributed by atoms with Gasteiger partial charge in [0.15, 0.2) is 18.3 Å². The molecule has 0 unspecified atom stereocenters. The molecular formula is C64H81ClF8N18O17Si. The molecule has 0 aliphatic carbocycles. The van der Waals surface area contributed by atoms with Gasteiger partial charge >= 0.3 is 58.4 Å². The van der Waals surface area contributed by atoms with Crippen LogP contribution in [0.15, 0.2) is 139 Å². The van der Waals surface area contributed by atoms with E-state index in [1.165, 1.54) is 35.3 Å². The fraction of sp³-hybridized carbons (Fsp3) is 0.531. The lowest BCUT2D eigenvalue weighted by Crippen LogP contribution is -2.59. The van der Waals surface area contributed by atoms with Crippen molar-refractivity contribution in [2.75, 3.05) is 62.5 Å². The number of anilines is 4. The van der Waals surface area contributed by atoms with Crippen molar-refractivity contribution in [3.8, 4) is 0 Å². The van der Waals surface area contributed by atoms with Gasteiger partial charge in [0.25, 0.3) is 0 Å². The van der Waals surface area contributed by atoms with Crippen LogP contribution >= 0.6 is 11.1 Å². The molecule has 11 rings (SSSR count). The summed E-state index contributed by atoms with van der Waals surface area (Å²) >= 11 is 7.21. The molecule has 109 heavy (non-hydrogen) atoms. The van der Waals surface area contributed by atoms with Crippen molar-refractivity contribution >= 4 is 64.0 Å². The summed E-state index contributed by atoms with van der Waals surface area (Å²) in [5.41, 5.74) is 33.4. The highest BCUT2D eigenvalue weighted by Gasteiger charge is 2.64. The fourth-order valence-corrected chi connectivity index (χ4v) is 15.3. The lowest BCUT2D eigenvalue weighted by molar-refractivity contribution is -0.176. The van der Waals surface area contributed by atoms with Gasteiger partial charge in [0.2, 0.25) is 32.3 Å². The van der Waals surface area contributed by atoms with Crippen LogP contribution in [0, 0.1) is 0 Å². The standard InChI is InChI=1S/C16H19ClSi.C13H16F2N6O4.C12H14F2N6O5.C10H13F2N3O3.C9H11F2N3O4.C4H8O/c1-16(2,3)18(17,14-10-6-4-7-11-14)15-12-8-5-9-13-15;1-2-7-10(25-9(22)3-5-18-20-17)13(14,15)11(24-7)21-6-4-8(16)19-12(21)23;13-12(14)9(25-8(22)1-3-17-19-16)6(5-21)24-10(12)20-4-2-7(15)18-11(20)23;1-2-5-7(16)10(11,12)8(18-5)15-4-3-6(13)14-9(15)17;10-9(11)6(16)4(3-15)18-7(9)14-2-1-5(12)13-8(14)17;1-2-4-5-3-1/h4-13H,1-3H3;4,6-7,10-11H,2-3,5H2,1H3,(H2,16,19,23);2,4,6,9-10,21H,1,3,5H2,(H2,15,18,23);3-5,7-8,16H,2H2,1H3,(H2,13,14,17);1-2,4,6-7,15-16H,3H2,(H2,12,13,17);1-4H2/t;7-,10+,11-;6-,9+,10-;5-,7+,8-;4-,6+,7-;/m.1111./s1. The summed E-state index contributed by atoms with van der Waals surface area (Å²) < 4.78 is 150. The van der Waals surface area contributed by atoms with Gasteiger partial charge in [-0.3, -0.25) is 27.9 Å². The average Bonchev–Trinajstić information content (AvgIpc) is 1.24. The predicted molar refractivity (Wildman–Crippen MR) is 374 cm³/mol. The first-order chi connectivity index (χ1) is 51.3. The number of hydrogen-bond donors (Lipinski definition) is 8. The second-order valence-electron chi connectivity index (χ2n) is 25.2. The zero-order valence-corrected chi connectivity index (χ0v) is 60.6. The molecule has 0 spiro atoms. The number of carbonyl (C=O) groups excluding carboxylic acids is 2. The highest BCUT2D eigenvalue weighted by Crippen LogP contribution is 2.47. The lowest BCUT2D eigenvalue weighted by Gasteiger charge is -2.38. The van der Waals surface area contributed by atoms with Gasteiger partial charge in [-0.2, -0.15) is 66.1 Å². The van der Waals surface area contributed by atoms with Crippen LogP contribution < -0.4 is 56.1 Å². The number of aliphatic hydroxyl groups is 4. The van der Waals surface area contributed by atoms with Gasteiger partial charge in [-0.25, -0.2) is 19.2 Å². The Labute approximate surface area is 619 Å². The van der Waals surface area contributed by atoms with Crippen LogP contribution in [0.5, 0.6) is 0 Å². The van der Waals surface area contributed by atoms with E-state index in [2.05, 4.69) is 114 Å². The first-order valence-corrected chi connectivity index (χ1v) is 36.2. The highest BCUT2D eigenvalue weighted by atomic mass is 35.6. The molecule has 12 atom stereocenters. The van der Waals surface area contributed by atoms with Gasteiger partial charge in [0.05, 0.1) is 32.2 Å². The molecule has 2 aromatic carbocycles. The molecule has 0 amide bonds. The maximum absolute atomic E-state index is 14.7. The van der Waals surface area contributed by atoms with Gasteiger partial charge in [-0.1, -0.05) is 106 Å². The number of esters is 2. The van der Waals surface area contributed by atoms with Crippen LogP contribution in [0.1, 0.15) is 98.1 Å². The van der Waals surface area contributed by atoms with Crippen LogP contribution in [0.25, 0.3) is 20.9 Å². The first-order valence-electron chi connectivity index (χ1n) is 33.2. The Kier molecular flexibility index (Phi) is 31.2. The Balaban J connectivity index is 0.000000211. The number of nitrogen functional groups attached to an aromatic ring is 4. The first kappa shape index (κ1) is 88.2. The van der Waals surface area contributed by atoms with E-state index in [1.54, 1.807) is 13.8 Å². The number of aromatic nitrogens is 8. The van der Waals surface area contributed by atoms with Crippen molar-refractivity contribution in [3.05, 3.63) is 173 Å². The van der Waals surface area contributed by atoms with Crippen molar-refractivity contribution < 1.29 is 98.3 Å². The van der Waals surface area contributed by atoms with Gasteiger partial charge in [0.1, 0.15) is 47.7 Å². The summed E-state index contributed by atoms with van der Waals surface area (Å²) in [6, 6.07) is 25.7. The Hall–Kier alpha value is -9.69. The van der Waals surface area contributed by atoms with Crippen LogP contribution in [0.4, 0.5) is 58.4 Å². The quantitative estimate of drug-likeness (QED) is 0.0109. The molecule has 5 fully saturated rings. The second kappa shape index (κ2) is 38.6. The van der Waals surface area contributed by atoms with Crippen molar-refractivity contribution in [1.82, 2.24) is 38.2 Å². The monoisotopic (exact) mass is 1590 g/mol. The number of alkyl halides is 8. The molecule has 596 valence electrons. The molecular weight excluding hydrogens is 1510 g/mol. The summed E-state index contributed by atoms with van der Waals surface area (Å²) in [4.78, 5) is 88.0. The molecule has 35 nitrogen and oxygen atoms in total. The van der Waals surface area contributed by atoms with E-state index in [0.29, 0.717) is 18.3 Å². The maximum Gasteiger partial charge on any atom is 0.351 e. The number of nitrogens with zero attached hydrogens (tertiary/aromatic N) is 14. The third-order valence-corrected chi connectivity index (χ3v) is 24.1. The number of benzene rings is 2. The molecule has 6 aromatic rings. The molecule has 0 radical (unpaired) electrons. The predicted octanol–water partition coefficient (Wildman–Crippen LogP) is 4.77. The highest BCUT2D eigenvalue weighted by molar-refractivity contribution is 7.35. The molecule has 45 heteroatoms. The summed E-state index contributed by atoms with van der Waals surface area (Å²) in [5, 5.41) is 45.7. The Bertz CT molecular complexity index is 4090. The van der Waals surface area contributed by atoms with Gasteiger partial charge in [-0.05, 0) is 76.4 Å². The average molecular weight is 1590 g/mol. The third kappa shape index (κ3) is 21.4. The van der Waals surface area contributed by atoms with Crippen molar-refractivity contribution in [2.45, 2.75) is 176 Å². The fourth-order valence-electron chi connectivity index (χ4n) is 11.2. The summed E-state index contributed by atoms with van der Waals surface area (Å²) in [7, 11) is -2.23. The van der Waals surface area contributed by atoms with E-state index in [4.69, 9.17) is 78.6 Å². The van der Waals surface area contributed by atoms with E-state index in [9.17, 15) is 79.2 Å². The van der Waals surface area contributed by atoms with Crippen LogP contribution in [-0.2, 0) is 42.7 Å². The van der Waals surface area contributed by atoms with Gasteiger partial charge in [0, 0.05) is 60.9 Å². The van der Waals surface area contributed by atoms with E-state index < -0.39 is 159 Å². The number of hydrogen-bond acceptors (Lipinski definition) is 27. The van der Waals surface area contributed by atoms with Crippen molar-refractivity contribution in [1.29, 1.82) is 0 Å². The number of rotatable bonds is 18. The molecule has 12 N–H and O–H groups in total. The van der Waals surface area contributed by atoms with E-state index in [0.717, 1.165) is 50.1 Å². The number of ether oxygens (including phenoxy) is 7. The number of aliphatic hydroxyl groups excluding tert-OH is 4. The second-order valence-corrected chi connectivity index (χ2v) is 30.9. The molecule has 5 aliphatic rings.